The molecule has 0 saturated heterocycles. The quantitative estimate of drug-likeness (QED) is 0.581. The van der Waals surface area contributed by atoms with Gasteiger partial charge >= 0.3 is 0 Å². The van der Waals surface area contributed by atoms with Crippen molar-refractivity contribution in [3.05, 3.63) is 41.0 Å². The summed E-state index contributed by atoms with van der Waals surface area (Å²) in [6.45, 7) is 0. The van der Waals surface area contributed by atoms with Crippen LogP contribution in [0.5, 0.6) is 0 Å². The van der Waals surface area contributed by atoms with Gasteiger partial charge in [0.2, 0.25) is 0 Å². The van der Waals surface area contributed by atoms with Crippen molar-refractivity contribution in [3.8, 4) is 0 Å². The number of hydrogen-bond acceptors (Lipinski definition) is 3. The van der Waals surface area contributed by atoms with Gasteiger partial charge in [-0.25, -0.2) is 4.98 Å². The maximum atomic E-state index is 11.5. The van der Waals surface area contributed by atoms with Crippen LogP contribution in [-0.4, -0.2) is 9.97 Å². The first kappa shape index (κ1) is 7.32. The van der Waals surface area contributed by atoms with E-state index in [1.54, 1.807) is 0 Å². The van der Waals surface area contributed by atoms with Gasteiger partial charge in [0.25, 0.3) is 5.56 Å². The highest BCUT2D eigenvalue weighted by molar-refractivity contribution is 5.99. The first-order valence-electron chi connectivity index (χ1n) is 4.20. The van der Waals surface area contributed by atoms with E-state index in [2.05, 4.69) is 9.97 Å². The van der Waals surface area contributed by atoms with Crippen LogP contribution in [0.15, 0.2) is 39.9 Å². The van der Waals surface area contributed by atoms with E-state index in [4.69, 9.17) is 4.42 Å². The number of rotatable bonds is 0. The van der Waals surface area contributed by atoms with E-state index in [0.29, 0.717) is 11.1 Å². The Balaban J connectivity index is 2.73. The lowest BCUT2D eigenvalue weighted by Crippen LogP contribution is -2.05. The molecule has 2 aromatic heterocycles. The van der Waals surface area contributed by atoms with Gasteiger partial charge in [0.15, 0.2) is 17.5 Å². The molecule has 3 aromatic rings. The number of H-pyrrole nitrogens is 1. The minimum atomic E-state index is -0.215. The molecule has 0 bridgehead atoms. The second-order valence-electron chi connectivity index (χ2n) is 3.03. The average Bonchev–Trinajstić information content (AvgIpc) is 2.67. The number of benzene rings is 1. The van der Waals surface area contributed by atoms with Crippen LogP contribution in [0.2, 0.25) is 0 Å². The summed E-state index contributed by atoms with van der Waals surface area (Å²) in [4.78, 5) is 18.1. The lowest BCUT2D eigenvalue weighted by molar-refractivity contribution is 0.605. The molecule has 0 aliphatic heterocycles. The Kier molecular flexibility index (Phi) is 1.28. The van der Waals surface area contributed by atoms with E-state index in [1.165, 1.54) is 6.39 Å². The Morgan fingerprint density at radius 2 is 2.14 bits per heavy atom. The van der Waals surface area contributed by atoms with Gasteiger partial charge in [-0.1, -0.05) is 12.1 Å². The molecule has 14 heavy (non-hydrogen) atoms. The molecule has 0 fully saturated rings. The summed E-state index contributed by atoms with van der Waals surface area (Å²) >= 11 is 0. The fourth-order valence-corrected chi connectivity index (χ4v) is 1.57. The second-order valence-corrected chi connectivity index (χ2v) is 3.03. The van der Waals surface area contributed by atoms with Gasteiger partial charge in [-0.2, -0.15) is 0 Å². The van der Waals surface area contributed by atoms with Gasteiger partial charge in [0.1, 0.15) is 0 Å². The third-order valence-electron chi connectivity index (χ3n) is 2.20. The Labute approximate surface area is 78.2 Å². The average molecular weight is 186 g/mol. The number of nitrogens with one attached hydrogen (secondary N) is 1. The Morgan fingerprint density at radius 1 is 1.29 bits per heavy atom. The van der Waals surface area contributed by atoms with E-state index >= 15 is 0 Å². The van der Waals surface area contributed by atoms with Crippen LogP contribution < -0.4 is 5.56 Å². The smallest absolute Gasteiger partial charge is 0.278 e. The van der Waals surface area contributed by atoms with Crippen molar-refractivity contribution in [2.24, 2.45) is 0 Å². The molecule has 68 valence electrons. The van der Waals surface area contributed by atoms with E-state index in [1.807, 2.05) is 24.3 Å². The molecular weight excluding hydrogens is 180 g/mol. The fraction of sp³-hybridized carbons (Fsp3) is 0. The van der Waals surface area contributed by atoms with Crippen LogP contribution >= 0.6 is 0 Å². The molecule has 1 N–H and O–H groups in total. The SMILES string of the molecule is O=c1[nH]c2ccccc2c2ocnc12. The zero-order valence-corrected chi connectivity index (χ0v) is 7.15. The number of para-hydroxylation sites is 1. The van der Waals surface area contributed by atoms with Crippen LogP contribution in [0.25, 0.3) is 22.0 Å². The number of hydrogen-bond donors (Lipinski definition) is 1. The third-order valence-corrected chi connectivity index (χ3v) is 2.20. The lowest BCUT2D eigenvalue weighted by Gasteiger charge is -1.95. The molecule has 0 aliphatic carbocycles. The number of aromatic nitrogens is 2. The van der Waals surface area contributed by atoms with Gasteiger partial charge in [0, 0.05) is 5.39 Å². The van der Waals surface area contributed by atoms with Crippen molar-refractivity contribution in [3.63, 3.8) is 0 Å². The van der Waals surface area contributed by atoms with E-state index < -0.39 is 0 Å². The summed E-state index contributed by atoms with van der Waals surface area (Å²) in [6, 6.07) is 7.47. The van der Waals surface area contributed by atoms with Crippen LogP contribution in [0.4, 0.5) is 0 Å². The molecule has 0 spiro atoms. The molecular formula is C10H6N2O2. The molecule has 0 radical (unpaired) electrons. The zero-order chi connectivity index (χ0) is 9.54. The number of pyridine rings is 1. The topological polar surface area (TPSA) is 58.9 Å². The molecule has 4 heteroatoms. The Hall–Kier alpha value is -2.10. The van der Waals surface area contributed by atoms with Crippen LogP contribution in [-0.2, 0) is 0 Å². The van der Waals surface area contributed by atoms with Crippen molar-refractivity contribution in [2.75, 3.05) is 0 Å². The fourth-order valence-electron chi connectivity index (χ4n) is 1.57. The predicted octanol–water partition coefficient (Wildman–Crippen LogP) is 1.67. The summed E-state index contributed by atoms with van der Waals surface area (Å²) < 4.78 is 5.18. The molecule has 0 saturated carbocycles. The van der Waals surface area contributed by atoms with Crippen LogP contribution in [0.1, 0.15) is 0 Å². The van der Waals surface area contributed by atoms with E-state index in [9.17, 15) is 4.79 Å². The Bertz CT molecular complexity index is 666. The van der Waals surface area contributed by atoms with Gasteiger partial charge in [-0.05, 0) is 12.1 Å². The number of fused-ring (bicyclic) bond motifs is 3. The predicted molar refractivity (Wildman–Crippen MR) is 52.1 cm³/mol. The summed E-state index contributed by atoms with van der Waals surface area (Å²) in [7, 11) is 0. The van der Waals surface area contributed by atoms with Gasteiger partial charge in [-0.3, -0.25) is 4.79 Å². The van der Waals surface area contributed by atoms with Crippen molar-refractivity contribution < 1.29 is 4.42 Å². The summed E-state index contributed by atoms with van der Waals surface area (Å²) in [6.07, 6.45) is 1.28. The minimum absolute atomic E-state index is 0.215. The number of aromatic amines is 1. The summed E-state index contributed by atoms with van der Waals surface area (Å²) in [5, 5.41) is 0.875. The highest BCUT2D eigenvalue weighted by atomic mass is 16.3. The van der Waals surface area contributed by atoms with Crippen molar-refractivity contribution in [2.45, 2.75) is 0 Å². The van der Waals surface area contributed by atoms with Crippen molar-refractivity contribution in [1.29, 1.82) is 0 Å². The summed E-state index contributed by atoms with van der Waals surface area (Å²) in [5.41, 5.74) is 1.45. The van der Waals surface area contributed by atoms with Crippen molar-refractivity contribution >= 4 is 22.0 Å². The number of oxazole rings is 1. The molecule has 2 heterocycles. The van der Waals surface area contributed by atoms with Gasteiger partial charge < -0.3 is 9.40 Å². The number of nitrogens with zero attached hydrogens (tertiary/aromatic N) is 1. The standard InChI is InChI=1S/C10H6N2O2/c13-10-8-9(14-5-11-8)6-3-1-2-4-7(6)12-10/h1-5H,(H,12,13). The van der Waals surface area contributed by atoms with Gasteiger partial charge in [0.05, 0.1) is 5.52 Å². The Morgan fingerprint density at radius 3 is 3.07 bits per heavy atom. The van der Waals surface area contributed by atoms with Gasteiger partial charge in [-0.15, -0.1) is 0 Å². The van der Waals surface area contributed by atoms with Crippen LogP contribution in [0.3, 0.4) is 0 Å². The highest BCUT2D eigenvalue weighted by Gasteiger charge is 2.07. The maximum absolute atomic E-state index is 11.5. The maximum Gasteiger partial charge on any atom is 0.278 e. The normalized spacial score (nSPS) is 11.1. The largest absolute Gasteiger partial charge is 0.443 e. The summed E-state index contributed by atoms with van der Waals surface area (Å²) in [5.74, 6) is 0. The zero-order valence-electron chi connectivity index (χ0n) is 7.15. The molecule has 3 rings (SSSR count). The minimum Gasteiger partial charge on any atom is -0.443 e. The monoisotopic (exact) mass is 186 g/mol. The first-order chi connectivity index (χ1) is 6.86. The van der Waals surface area contributed by atoms with Crippen LogP contribution in [0, 0.1) is 0 Å². The lowest BCUT2D eigenvalue weighted by atomic mass is 10.2. The third kappa shape index (κ3) is 0.821. The van der Waals surface area contributed by atoms with Crippen molar-refractivity contribution in [1.82, 2.24) is 9.97 Å². The molecule has 0 atom stereocenters. The highest BCUT2D eigenvalue weighted by Crippen LogP contribution is 2.19. The molecule has 0 aliphatic rings. The van der Waals surface area contributed by atoms with E-state index in [-0.39, 0.29) is 5.56 Å². The van der Waals surface area contributed by atoms with E-state index in [0.717, 1.165) is 10.9 Å². The molecule has 4 nitrogen and oxygen atoms in total. The second kappa shape index (κ2) is 2.45. The first-order valence-corrected chi connectivity index (χ1v) is 4.20. The molecule has 0 unspecified atom stereocenters. The molecule has 1 aromatic carbocycles. The molecule has 0 amide bonds.